The van der Waals surface area contributed by atoms with Gasteiger partial charge in [-0.15, -0.1) is 0 Å². The number of hydrogen-bond donors (Lipinski definition) is 1. The summed E-state index contributed by atoms with van der Waals surface area (Å²) in [5, 5.41) is 0.476. The maximum Gasteiger partial charge on any atom is 0.256 e. The Morgan fingerprint density at radius 3 is 2.64 bits per heavy atom. The summed E-state index contributed by atoms with van der Waals surface area (Å²) in [7, 11) is 0. The van der Waals surface area contributed by atoms with Crippen LogP contribution in [-0.2, 0) is 6.42 Å². The number of rotatable bonds is 3. The maximum atomic E-state index is 12.4. The van der Waals surface area contributed by atoms with Gasteiger partial charge in [0.1, 0.15) is 0 Å². The fourth-order valence-corrected chi connectivity index (χ4v) is 1.09. The van der Waals surface area contributed by atoms with Crippen LogP contribution in [0.3, 0.4) is 0 Å². The summed E-state index contributed by atoms with van der Waals surface area (Å²) in [4.78, 5) is 3.90. The lowest BCUT2D eigenvalue weighted by atomic mass is 9.97. The number of alkyl halides is 2. The summed E-state index contributed by atoms with van der Waals surface area (Å²) in [6.07, 6.45) is -1.12. The summed E-state index contributed by atoms with van der Waals surface area (Å²) < 4.78 is 24.8. The zero-order valence-corrected chi connectivity index (χ0v) is 8.43. The first-order valence-electron chi connectivity index (χ1n) is 4.09. The van der Waals surface area contributed by atoms with Crippen molar-refractivity contribution in [2.24, 2.45) is 5.73 Å². The van der Waals surface area contributed by atoms with E-state index < -0.39 is 12.0 Å². The first kappa shape index (κ1) is 11.3. The van der Waals surface area contributed by atoms with Crippen LogP contribution < -0.4 is 5.73 Å². The van der Waals surface area contributed by atoms with E-state index in [0.29, 0.717) is 10.7 Å². The lowest BCUT2D eigenvalue weighted by Gasteiger charge is -2.22. The first-order chi connectivity index (χ1) is 6.42. The van der Waals surface area contributed by atoms with Gasteiger partial charge in [0.25, 0.3) is 6.43 Å². The van der Waals surface area contributed by atoms with Crippen LogP contribution in [0.15, 0.2) is 18.3 Å². The smallest absolute Gasteiger partial charge is 0.256 e. The number of nitrogens with zero attached hydrogens (tertiary/aromatic N) is 1. The van der Waals surface area contributed by atoms with E-state index in [4.69, 9.17) is 17.3 Å². The molecule has 2 N–H and O–H groups in total. The van der Waals surface area contributed by atoms with E-state index in [9.17, 15) is 8.78 Å². The molecule has 1 heterocycles. The lowest BCUT2D eigenvalue weighted by molar-refractivity contribution is 0.0634. The van der Waals surface area contributed by atoms with E-state index in [0.717, 1.165) is 0 Å². The fraction of sp³-hybridized carbons (Fsp3) is 0.444. The Morgan fingerprint density at radius 2 is 2.21 bits per heavy atom. The van der Waals surface area contributed by atoms with Gasteiger partial charge in [-0.1, -0.05) is 11.6 Å². The highest BCUT2D eigenvalue weighted by Gasteiger charge is 2.30. The van der Waals surface area contributed by atoms with Crippen molar-refractivity contribution in [3.63, 3.8) is 0 Å². The van der Waals surface area contributed by atoms with Crippen molar-refractivity contribution in [2.45, 2.75) is 25.3 Å². The topological polar surface area (TPSA) is 38.9 Å². The number of nitrogens with two attached hydrogens (primary N) is 1. The van der Waals surface area contributed by atoms with Crippen LogP contribution in [0.1, 0.15) is 12.6 Å². The van der Waals surface area contributed by atoms with Gasteiger partial charge in [0.15, 0.2) is 0 Å². The van der Waals surface area contributed by atoms with Crippen molar-refractivity contribution in [1.29, 1.82) is 0 Å². The summed E-state index contributed by atoms with van der Waals surface area (Å²) in [6, 6.07) is 3.20. The molecule has 0 radical (unpaired) electrons. The molecule has 0 aliphatic carbocycles. The van der Waals surface area contributed by atoms with E-state index >= 15 is 0 Å². The molecule has 1 atom stereocenters. The van der Waals surface area contributed by atoms with Crippen LogP contribution in [-0.4, -0.2) is 16.9 Å². The van der Waals surface area contributed by atoms with Crippen molar-refractivity contribution in [1.82, 2.24) is 4.98 Å². The molecular formula is C9H11ClF2N2. The fourth-order valence-electron chi connectivity index (χ4n) is 0.978. The average Bonchev–Trinajstić information content (AvgIpc) is 2.08. The summed E-state index contributed by atoms with van der Waals surface area (Å²) in [5.74, 6) is 0. The highest BCUT2D eigenvalue weighted by atomic mass is 35.5. The highest BCUT2D eigenvalue weighted by Crippen LogP contribution is 2.17. The number of halogens is 3. The quantitative estimate of drug-likeness (QED) is 0.849. The molecule has 0 spiro atoms. The van der Waals surface area contributed by atoms with E-state index in [1.54, 1.807) is 12.1 Å². The molecule has 1 unspecified atom stereocenters. The molecule has 5 heteroatoms. The van der Waals surface area contributed by atoms with Gasteiger partial charge in [-0.25, -0.2) is 8.78 Å². The van der Waals surface area contributed by atoms with Crippen LogP contribution >= 0.6 is 11.6 Å². The van der Waals surface area contributed by atoms with Gasteiger partial charge in [0.2, 0.25) is 0 Å². The molecule has 14 heavy (non-hydrogen) atoms. The van der Waals surface area contributed by atoms with Gasteiger partial charge in [-0.3, -0.25) is 4.98 Å². The molecule has 78 valence electrons. The molecule has 0 saturated heterocycles. The third-order valence-electron chi connectivity index (χ3n) is 1.85. The SMILES string of the molecule is CC(N)(Cc1ccc(Cl)cn1)C(F)F. The molecule has 0 bridgehead atoms. The molecule has 0 fully saturated rings. The Morgan fingerprint density at radius 1 is 1.57 bits per heavy atom. The summed E-state index contributed by atoms with van der Waals surface area (Å²) >= 11 is 5.60. The molecule has 1 aromatic rings. The second-order valence-corrected chi connectivity index (χ2v) is 3.89. The van der Waals surface area contributed by atoms with E-state index in [1.807, 2.05) is 0 Å². The van der Waals surface area contributed by atoms with Gasteiger partial charge in [-0.05, 0) is 19.1 Å². The predicted octanol–water partition coefficient (Wildman–Crippen LogP) is 2.26. The second kappa shape index (κ2) is 4.19. The molecule has 0 aliphatic heterocycles. The van der Waals surface area contributed by atoms with Crippen LogP contribution in [0.5, 0.6) is 0 Å². The van der Waals surface area contributed by atoms with E-state index in [2.05, 4.69) is 4.98 Å². The van der Waals surface area contributed by atoms with Crippen LogP contribution in [0.2, 0.25) is 5.02 Å². The van der Waals surface area contributed by atoms with Crippen LogP contribution in [0.4, 0.5) is 8.78 Å². The lowest BCUT2D eigenvalue weighted by Crippen LogP contribution is -2.46. The van der Waals surface area contributed by atoms with Crippen molar-refractivity contribution in [3.8, 4) is 0 Å². The van der Waals surface area contributed by atoms with Crippen LogP contribution in [0.25, 0.3) is 0 Å². The zero-order chi connectivity index (χ0) is 10.8. The largest absolute Gasteiger partial charge is 0.320 e. The number of pyridine rings is 1. The van der Waals surface area contributed by atoms with Crippen molar-refractivity contribution >= 4 is 11.6 Å². The number of aromatic nitrogens is 1. The van der Waals surface area contributed by atoms with Gasteiger partial charge in [0, 0.05) is 18.3 Å². The van der Waals surface area contributed by atoms with Crippen LogP contribution in [0, 0.1) is 0 Å². The molecule has 0 saturated carbocycles. The maximum absolute atomic E-state index is 12.4. The molecule has 0 aliphatic rings. The Kier molecular flexibility index (Phi) is 3.39. The Labute approximate surface area is 86.1 Å². The molecule has 0 aromatic carbocycles. The third kappa shape index (κ3) is 2.89. The second-order valence-electron chi connectivity index (χ2n) is 3.45. The third-order valence-corrected chi connectivity index (χ3v) is 2.07. The van der Waals surface area contributed by atoms with Gasteiger partial charge >= 0.3 is 0 Å². The molecule has 2 nitrogen and oxygen atoms in total. The monoisotopic (exact) mass is 220 g/mol. The Balaban J connectivity index is 2.74. The Hall–Kier alpha value is -0.740. The Bertz CT molecular complexity index is 298. The number of hydrogen-bond acceptors (Lipinski definition) is 2. The molecule has 1 aromatic heterocycles. The zero-order valence-electron chi connectivity index (χ0n) is 7.67. The van der Waals surface area contributed by atoms with Crippen molar-refractivity contribution in [3.05, 3.63) is 29.0 Å². The summed E-state index contributed by atoms with van der Waals surface area (Å²) in [6.45, 7) is 1.30. The molecular weight excluding hydrogens is 210 g/mol. The van der Waals surface area contributed by atoms with Gasteiger partial charge in [-0.2, -0.15) is 0 Å². The minimum Gasteiger partial charge on any atom is -0.320 e. The minimum atomic E-state index is -2.57. The molecule has 1 rings (SSSR count). The van der Waals surface area contributed by atoms with Crippen molar-refractivity contribution in [2.75, 3.05) is 0 Å². The normalized spacial score (nSPS) is 15.6. The molecule has 0 amide bonds. The first-order valence-corrected chi connectivity index (χ1v) is 4.47. The van der Waals surface area contributed by atoms with E-state index in [1.165, 1.54) is 13.1 Å². The summed E-state index contributed by atoms with van der Waals surface area (Å²) in [5.41, 5.74) is 4.38. The van der Waals surface area contributed by atoms with Gasteiger partial charge < -0.3 is 5.73 Å². The van der Waals surface area contributed by atoms with E-state index in [-0.39, 0.29) is 6.42 Å². The minimum absolute atomic E-state index is 0.0296. The van der Waals surface area contributed by atoms with Crippen molar-refractivity contribution < 1.29 is 8.78 Å². The predicted molar refractivity (Wildman–Crippen MR) is 51.5 cm³/mol. The standard InChI is InChI=1S/C9H11ClF2N2/c1-9(13,8(11)12)4-7-3-2-6(10)5-14-7/h2-3,5,8H,4,13H2,1H3. The average molecular weight is 221 g/mol. The van der Waals surface area contributed by atoms with Gasteiger partial charge in [0.05, 0.1) is 10.6 Å². The highest BCUT2D eigenvalue weighted by molar-refractivity contribution is 6.30.